The third-order valence-electron chi connectivity index (χ3n) is 3.12. The van der Waals surface area contributed by atoms with Gasteiger partial charge in [-0.05, 0) is 37.8 Å². The van der Waals surface area contributed by atoms with E-state index in [0.29, 0.717) is 11.6 Å². The van der Waals surface area contributed by atoms with Crippen molar-refractivity contribution in [2.45, 2.75) is 25.8 Å². The summed E-state index contributed by atoms with van der Waals surface area (Å²) < 4.78 is 0. The van der Waals surface area contributed by atoms with E-state index in [-0.39, 0.29) is 5.91 Å². The molecule has 1 heterocycles. The molecule has 17 heavy (non-hydrogen) atoms. The van der Waals surface area contributed by atoms with Crippen LogP contribution in [0.2, 0.25) is 0 Å². The molecular formula is C13H19N3O. The van der Waals surface area contributed by atoms with Gasteiger partial charge in [0.05, 0.1) is 5.56 Å². The van der Waals surface area contributed by atoms with E-state index in [4.69, 9.17) is 0 Å². The summed E-state index contributed by atoms with van der Waals surface area (Å²) in [6.45, 7) is 2.18. The lowest BCUT2D eigenvalue weighted by Gasteiger charge is -2.14. The highest BCUT2D eigenvalue weighted by Crippen LogP contribution is 2.33. The Morgan fingerprint density at radius 2 is 2.18 bits per heavy atom. The molecule has 1 aliphatic carbocycles. The SMILES string of the molecule is CC(Nc1ccc(C(=O)N(C)C)cn1)C1CC1. The summed E-state index contributed by atoms with van der Waals surface area (Å²) in [6.07, 6.45) is 4.25. The van der Waals surface area contributed by atoms with Gasteiger partial charge in [-0.15, -0.1) is 0 Å². The summed E-state index contributed by atoms with van der Waals surface area (Å²) in [5, 5.41) is 3.36. The molecule has 2 rings (SSSR count). The van der Waals surface area contributed by atoms with Crippen LogP contribution in [0.4, 0.5) is 5.82 Å². The maximum absolute atomic E-state index is 11.7. The van der Waals surface area contributed by atoms with E-state index in [2.05, 4.69) is 17.2 Å². The van der Waals surface area contributed by atoms with Crippen LogP contribution >= 0.6 is 0 Å². The Kier molecular flexibility index (Phi) is 3.31. The third kappa shape index (κ3) is 2.96. The standard InChI is InChI=1S/C13H19N3O/c1-9(10-4-5-10)15-12-7-6-11(8-14-12)13(17)16(2)3/h6-10H,4-5H2,1-3H3,(H,14,15). The molecule has 0 bridgehead atoms. The number of rotatable bonds is 4. The fourth-order valence-electron chi connectivity index (χ4n) is 1.81. The summed E-state index contributed by atoms with van der Waals surface area (Å²) in [4.78, 5) is 17.5. The minimum absolute atomic E-state index is 0.0145. The second kappa shape index (κ2) is 4.73. The number of nitrogens with zero attached hydrogens (tertiary/aromatic N) is 2. The van der Waals surface area contributed by atoms with Crippen LogP contribution in [-0.4, -0.2) is 35.9 Å². The van der Waals surface area contributed by atoms with Gasteiger partial charge >= 0.3 is 0 Å². The Hall–Kier alpha value is -1.58. The zero-order valence-corrected chi connectivity index (χ0v) is 10.6. The highest BCUT2D eigenvalue weighted by atomic mass is 16.2. The molecule has 0 aromatic carbocycles. The minimum Gasteiger partial charge on any atom is -0.367 e. The maximum atomic E-state index is 11.7. The number of carbonyl (C=O) groups is 1. The van der Waals surface area contributed by atoms with Gasteiger partial charge in [0.15, 0.2) is 0 Å². The predicted octanol–water partition coefficient (Wildman–Crippen LogP) is 1.99. The second-order valence-electron chi connectivity index (χ2n) is 4.90. The van der Waals surface area contributed by atoms with E-state index in [1.165, 1.54) is 12.8 Å². The number of aromatic nitrogens is 1. The molecule has 1 aromatic rings. The zero-order chi connectivity index (χ0) is 12.4. The van der Waals surface area contributed by atoms with Crippen molar-refractivity contribution in [2.75, 3.05) is 19.4 Å². The molecule has 1 saturated carbocycles. The molecule has 1 aromatic heterocycles. The van der Waals surface area contributed by atoms with Crippen LogP contribution in [0.3, 0.4) is 0 Å². The van der Waals surface area contributed by atoms with Crippen molar-refractivity contribution in [3.8, 4) is 0 Å². The topological polar surface area (TPSA) is 45.2 Å². The number of carbonyl (C=O) groups excluding carboxylic acids is 1. The monoisotopic (exact) mass is 233 g/mol. The van der Waals surface area contributed by atoms with Crippen molar-refractivity contribution in [1.29, 1.82) is 0 Å². The van der Waals surface area contributed by atoms with Gasteiger partial charge in [-0.2, -0.15) is 0 Å². The van der Waals surface area contributed by atoms with Crippen molar-refractivity contribution in [3.05, 3.63) is 23.9 Å². The van der Waals surface area contributed by atoms with Crippen molar-refractivity contribution in [2.24, 2.45) is 5.92 Å². The molecule has 4 heteroatoms. The predicted molar refractivity (Wildman–Crippen MR) is 68.1 cm³/mol. The van der Waals surface area contributed by atoms with Gasteiger partial charge in [-0.25, -0.2) is 4.98 Å². The van der Waals surface area contributed by atoms with Crippen LogP contribution in [0, 0.1) is 5.92 Å². The van der Waals surface area contributed by atoms with Crippen molar-refractivity contribution < 1.29 is 4.79 Å². The molecule has 0 saturated heterocycles. The average Bonchev–Trinajstić information content (AvgIpc) is 3.12. The number of anilines is 1. The van der Waals surface area contributed by atoms with Crippen LogP contribution in [0.15, 0.2) is 18.3 Å². The first kappa shape index (κ1) is 11.9. The largest absolute Gasteiger partial charge is 0.367 e. The fourth-order valence-corrected chi connectivity index (χ4v) is 1.81. The number of nitrogens with one attached hydrogen (secondary N) is 1. The minimum atomic E-state index is -0.0145. The Balaban J connectivity index is 1.99. The summed E-state index contributed by atoms with van der Waals surface area (Å²) in [5.41, 5.74) is 0.625. The lowest BCUT2D eigenvalue weighted by Crippen LogP contribution is -2.22. The van der Waals surface area contributed by atoms with Crippen molar-refractivity contribution in [1.82, 2.24) is 9.88 Å². The third-order valence-corrected chi connectivity index (χ3v) is 3.12. The summed E-state index contributed by atoms with van der Waals surface area (Å²) in [6, 6.07) is 4.16. The number of hydrogen-bond donors (Lipinski definition) is 1. The smallest absolute Gasteiger partial charge is 0.254 e. The molecule has 0 aliphatic heterocycles. The Labute approximate surface area is 102 Å². The van der Waals surface area contributed by atoms with E-state index in [9.17, 15) is 4.79 Å². The van der Waals surface area contributed by atoms with Crippen LogP contribution in [0.25, 0.3) is 0 Å². The summed E-state index contributed by atoms with van der Waals surface area (Å²) in [5.74, 6) is 1.62. The molecule has 1 aliphatic rings. The van der Waals surface area contributed by atoms with Gasteiger partial charge in [-0.3, -0.25) is 4.79 Å². The normalized spacial score (nSPS) is 16.4. The Bertz CT molecular complexity index is 396. The first-order valence-corrected chi connectivity index (χ1v) is 6.02. The molecule has 1 amide bonds. The first-order valence-electron chi connectivity index (χ1n) is 6.02. The molecule has 92 valence electrons. The van der Waals surface area contributed by atoms with E-state index in [1.54, 1.807) is 25.2 Å². The number of pyridine rings is 1. The van der Waals surface area contributed by atoms with Crippen molar-refractivity contribution in [3.63, 3.8) is 0 Å². The molecule has 1 fully saturated rings. The second-order valence-corrected chi connectivity index (χ2v) is 4.90. The van der Waals surface area contributed by atoms with Crippen LogP contribution in [-0.2, 0) is 0 Å². The zero-order valence-electron chi connectivity index (χ0n) is 10.6. The lowest BCUT2D eigenvalue weighted by molar-refractivity contribution is 0.0827. The first-order chi connectivity index (χ1) is 8.08. The highest BCUT2D eigenvalue weighted by Gasteiger charge is 2.27. The molecule has 4 nitrogen and oxygen atoms in total. The van der Waals surface area contributed by atoms with Gasteiger partial charge < -0.3 is 10.2 Å². The van der Waals surface area contributed by atoms with Crippen LogP contribution < -0.4 is 5.32 Å². The molecule has 0 radical (unpaired) electrons. The fraction of sp³-hybridized carbons (Fsp3) is 0.538. The number of amides is 1. The van der Waals surface area contributed by atoms with Crippen LogP contribution in [0.5, 0.6) is 0 Å². The Morgan fingerprint density at radius 3 is 2.65 bits per heavy atom. The van der Waals surface area contributed by atoms with E-state index < -0.39 is 0 Å². The van der Waals surface area contributed by atoms with E-state index in [1.807, 2.05) is 12.1 Å². The lowest BCUT2D eigenvalue weighted by atomic mass is 10.2. The van der Waals surface area contributed by atoms with Crippen molar-refractivity contribution >= 4 is 11.7 Å². The summed E-state index contributed by atoms with van der Waals surface area (Å²) >= 11 is 0. The highest BCUT2D eigenvalue weighted by molar-refractivity contribution is 5.93. The van der Waals surface area contributed by atoms with E-state index >= 15 is 0 Å². The maximum Gasteiger partial charge on any atom is 0.254 e. The van der Waals surface area contributed by atoms with Crippen LogP contribution in [0.1, 0.15) is 30.1 Å². The summed E-state index contributed by atoms with van der Waals surface area (Å²) in [7, 11) is 3.48. The van der Waals surface area contributed by atoms with Gasteiger partial charge in [0.2, 0.25) is 0 Å². The van der Waals surface area contributed by atoms with E-state index in [0.717, 1.165) is 11.7 Å². The van der Waals surface area contributed by atoms with Gasteiger partial charge in [0.25, 0.3) is 5.91 Å². The molecule has 0 spiro atoms. The van der Waals surface area contributed by atoms with Gasteiger partial charge in [0.1, 0.15) is 5.82 Å². The molecule has 1 N–H and O–H groups in total. The quantitative estimate of drug-likeness (QED) is 0.865. The molecular weight excluding hydrogens is 214 g/mol. The average molecular weight is 233 g/mol. The Morgan fingerprint density at radius 1 is 1.47 bits per heavy atom. The van der Waals surface area contributed by atoms with Gasteiger partial charge in [-0.1, -0.05) is 0 Å². The van der Waals surface area contributed by atoms with Gasteiger partial charge in [0, 0.05) is 26.3 Å². The number of hydrogen-bond acceptors (Lipinski definition) is 3. The molecule has 1 atom stereocenters. The molecule has 1 unspecified atom stereocenters.